The van der Waals surface area contributed by atoms with Gasteiger partial charge in [-0.15, -0.1) is 0 Å². The van der Waals surface area contributed by atoms with Crippen molar-refractivity contribution in [3.8, 4) is 5.95 Å². The summed E-state index contributed by atoms with van der Waals surface area (Å²) >= 11 is 1.28. The highest BCUT2D eigenvalue weighted by atomic mass is 32.2. The second-order valence-corrected chi connectivity index (χ2v) is 4.81. The Hall–Kier alpha value is -2.55. The summed E-state index contributed by atoms with van der Waals surface area (Å²) < 4.78 is 1.72. The van der Waals surface area contributed by atoms with Crippen molar-refractivity contribution in [2.75, 3.05) is 11.9 Å². The smallest absolute Gasteiger partial charge is 0.240 e. The summed E-state index contributed by atoms with van der Waals surface area (Å²) in [5, 5.41) is 4.20. The van der Waals surface area contributed by atoms with Crippen LogP contribution >= 0.6 is 11.8 Å². The summed E-state index contributed by atoms with van der Waals surface area (Å²) in [6.45, 7) is 2.70. The molecule has 3 aromatic heterocycles. The normalized spacial score (nSPS) is 10.5. The summed E-state index contributed by atoms with van der Waals surface area (Å²) in [6.07, 6.45) is 8.44. The zero-order chi connectivity index (χ0) is 14.5. The molecule has 21 heavy (non-hydrogen) atoms. The van der Waals surface area contributed by atoms with Crippen LogP contribution in [0.1, 0.15) is 6.92 Å². The van der Waals surface area contributed by atoms with Gasteiger partial charge in [-0.1, -0.05) is 0 Å². The number of hydrogen-bond acceptors (Lipinski definition) is 8. The molecule has 3 rings (SSSR count). The molecule has 0 aliphatic carbocycles. The number of rotatable bonds is 5. The number of hydrogen-bond donors (Lipinski definition) is 1. The van der Waals surface area contributed by atoms with Crippen molar-refractivity contribution in [2.24, 2.45) is 0 Å². The van der Waals surface area contributed by atoms with E-state index in [2.05, 4.69) is 35.2 Å². The van der Waals surface area contributed by atoms with Crippen LogP contribution in [0.4, 0.5) is 5.95 Å². The number of nitrogens with one attached hydrogen (secondary N) is 1. The van der Waals surface area contributed by atoms with E-state index in [1.54, 1.807) is 41.7 Å². The lowest BCUT2D eigenvalue weighted by Gasteiger charge is -2.07. The van der Waals surface area contributed by atoms with Gasteiger partial charge >= 0.3 is 0 Å². The van der Waals surface area contributed by atoms with Gasteiger partial charge in [0.1, 0.15) is 6.33 Å². The van der Waals surface area contributed by atoms with Crippen molar-refractivity contribution in [1.29, 1.82) is 0 Å². The molecule has 0 amide bonds. The first-order chi connectivity index (χ1) is 10.3. The minimum Gasteiger partial charge on any atom is -0.354 e. The van der Waals surface area contributed by atoms with Gasteiger partial charge in [0.15, 0.2) is 5.16 Å². The van der Waals surface area contributed by atoms with Gasteiger partial charge < -0.3 is 5.32 Å². The monoisotopic (exact) mass is 300 g/mol. The first-order valence-electron chi connectivity index (χ1n) is 6.28. The van der Waals surface area contributed by atoms with Crippen LogP contribution < -0.4 is 5.32 Å². The van der Waals surface area contributed by atoms with Gasteiger partial charge in [0.05, 0.1) is 0 Å². The van der Waals surface area contributed by atoms with Gasteiger partial charge in [-0.05, 0) is 24.8 Å². The lowest BCUT2D eigenvalue weighted by Crippen LogP contribution is -2.08. The molecule has 3 aromatic rings. The molecular formula is C12H12N8S. The molecule has 0 aromatic carbocycles. The summed E-state index contributed by atoms with van der Waals surface area (Å²) in [4.78, 5) is 25.4. The van der Waals surface area contributed by atoms with Gasteiger partial charge in [-0.3, -0.25) is 4.57 Å². The maximum Gasteiger partial charge on any atom is 0.240 e. The van der Waals surface area contributed by atoms with Crippen molar-refractivity contribution < 1.29 is 0 Å². The molecule has 0 aliphatic rings. The fraction of sp³-hybridized carbons (Fsp3) is 0.167. The maximum absolute atomic E-state index is 4.40. The van der Waals surface area contributed by atoms with Gasteiger partial charge in [0.25, 0.3) is 0 Å². The molecular weight excluding hydrogens is 288 g/mol. The third-order valence-electron chi connectivity index (χ3n) is 2.40. The standard InChI is InChI=1S/C12H12N8S/c1-2-14-9-17-10(20-7-6-13-8-20)19-12(18-9)21-11-15-4-3-5-16-11/h3-8H,2H2,1H3,(H,14,17,18,19). The number of anilines is 1. The second kappa shape index (κ2) is 6.27. The Balaban J connectivity index is 1.95. The van der Waals surface area contributed by atoms with Gasteiger partial charge in [-0.2, -0.15) is 15.0 Å². The second-order valence-electron chi connectivity index (χ2n) is 3.88. The average molecular weight is 300 g/mol. The SMILES string of the molecule is CCNc1nc(Sc2ncccn2)nc(-n2ccnc2)n1. The molecule has 0 saturated carbocycles. The first-order valence-corrected chi connectivity index (χ1v) is 7.10. The summed E-state index contributed by atoms with van der Waals surface area (Å²) in [7, 11) is 0. The van der Waals surface area contributed by atoms with E-state index in [0.29, 0.717) is 22.2 Å². The van der Waals surface area contributed by atoms with Gasteiger partial charge in [0, 0.05) is 31.3 Å². The van der Waals surface area contributed by atoms with Crippen molar-refractivity contribution in [1.82, 2.24) is 34.5 Å². The third kappa shape index (κ3) is 3.31. The summed E-state index contributed by atoms with van der Waals surface area (Å²) in [5.41, 5.74) is 0. The van der Waals surface area contributed by atoms with Crippen molar-refractivity contribution in [3.63, 3.8) is 0 Å². The predicted molar refractivity (Wildman–Crippen MR) is 77.3 cm³/mol. The van der Waals surface area contributed by atoms with Crippen molar-refractivity contribution in [2.45, 2.75) is 17.2 Å². The molecule has 0 saturated heterocycles. The Labute approximate surface area is 125 Å². The highest BCUT2D eigenvalue weighted by Gasteiger charge is 2.10. The van der Waals surface area contributed by atoms with E-state index in [1.165, 1.54) is 11.8 Å². The maximum atomic E-state index is 4.40. The fourth-order valence-corrected chi connectivity index (χ4v) is 2.19. The van der Waals surface area contributed by atoms with Gasteiger partial charge in [0.2, 0.25) is 17.1 Å². The molecule has 9 heteroatoms. The fourth-order valence-electron chi connectivity index (χ4n) is 1.54. The van der Waals surface area contributed by atoms with Crippen LogP contribution in [-0.4, -0.2) is 41.0 Å². The Morgan fingerprint density at radius 2 is 1.95 bits per heavy atom. The largest absolute Gasteiger partial charge is 0.354 e. The lowest BCUT2D eigenvalue weighted by molar-refractivity contribution is 0.819. The Bertz CT molecular complexity index is 701. The van der Waals surface area contributed by atoms with E-state index in [9.17, 15) is 0 Å². The van der Waals surface area contributed by atoms with Crippen LogP contribution in [0.15, 0.2) is 47.5 Å². The van der Waals surface area contributed by atoms with Crippen LogP contribution in [0.5, 0.6) is 0 Å². The minimum absolute atomic E-state index is 0.497. The Morgan fingerprint density at radius 3 is 2.67 bits per heavy atom. The molecule has 0 fully saturated rings. The van der Waals surface area contributed by atoms with E-state index in [1.807, 2.05) is 6.92 Å². The van der Waals surface area contributed by atoms with Crippen LogP contribution in [0.3, 0.4) is 0 Å². The van der Waals surface area contributed by atoms with Gasteiger partial charge in [-0.25, -0.2) is 15.0 Å². The highest BCUT2D eigenvalue weighted by Crippen LogP contribution is 2.21. The van der Waals surface area contributed by atoms with E-state index >= 15 is 0 Å². The number of aromatic nitrogens is 7. The molecule has 0 spiro atoms. The zero-order valence-electron chi connectivity index (χ0n) is 11.2. The lowest BCUT2D eigenvalue weighted by atomic mass is 10.7. The summed E-state index contributed by atoms with van der Waals surface area (Å²) in [5.74, 6) is 1.01. The molecule has 0 aliphatic heterocycles. The Morgan fingerprint density at radius 1 is 1.10 bits per heavy atom. The molecule has 106 valence electrons. The average Bonchev–Trinajstić information content (AvgIpc) is 3.03. The topological polar surface area (TPSA) is 94.3 Å². The molecule has 1 N–H and O–H groups in total. The molecule has 0 radical (unpaired) electrons. The summed E-state index contributed by atoms with van der Waals surface area (Å²) in [6, 6.07) is 1.76. The molecule has 0 unspecified atom stereocenters. The van der Waals surface area contributed by atoms with Crippen LogP contribution in [0.2, 0.25) is 0 Å². The van der Waals surface area contributed by atoms with Crippen LogP contribution in [-0.2, 0) is 0 Å². The van der Waals surface area contributed by atoms with Crippen molar-refractivity contribution in [3.05, 3.63) is 37.2 Å². The van der Waals surface area contributed by atoms with Crippen LogP contribution in [0, 0.1) is 0 Å². The zero-order valence-corrected chi connectivity index (χ0v) is 12.0. The van der Waals surface area contributed by atoms with E-state index in [-0.39, 0.29) is 0 Å². The van der Waals surface area contributed by atoms with E-state index in [0.717, 1.165) is 6.54 Å². The molecule has 8 nitrogen and oxygen atoms in total. The quantitative estimate of drug-likeness (QED) is 0.707. The van der Waals surface area contributed by atoms with Crippen molar-refractivity contribution >= 4 is 17.7 Å². The predicted octanol–water partition coefficient (Wildman–Crippen LogP) is 1.43. The number of imidazole rings is 1. The van der Waals surface area contributed by atoms with E-state index < -0.39 is 0 Å². The minimum atomic E-state index is 0.497. The molecule has 0 bridgehead atoms. The molecule has 3 heterocycles. The van der Waals surface area contributed by atoms with Crippen LogP contribution in [0.25, 0.3) is 5.95 Å². The number of nitrogens with zero attached hydrogens (tertiary/aromatic N) is 7. The first kappa shape index (κ1) is 13.4. The highest BCUT2D eigenvalue weighted by molar-refractivity contribution is 7.99. The third-order valence-corrected chi connectivity index (χ3v) is 3.16. The Kier molecular flexibility index (Phi) is 4.01. The van der Waals surface area contributed by atoms with E-state index in [4.69, 9.17) is 0 Å². The molecule has 0 atom stereocenters.